The number of nitrogens with zero attached hydrogens (tertiary/aromatic N) is 1. The van der Waals surface area contributed by atoms with Crippen LogP contribution >= 0.6 is 0 Å². The van der Waals surface area contributed by atoms with Crippen molar-refractivity contribution in [1.82, 2.24) is 5.32 Å². The lowest BCUT2D eigenvalue weighted by atomic mass is 9.93. The monoisotopic (exact) mass is 512 g/mol. The van der Waals surface area contributed by atoms with Gasteiger partial charge in [-0.15, -0.1) is 0 Å². The summed E-state index contributed by atoms with van der Waals surface area (Å²) in [6, 6.07) is 18.8. The maximum Gasteiger partial charge on any atom is 0.305 e. The highest BCUT2D eigenvalue weighted by Crippen LogP contribution is 2.26. The zero-order valence-corrected chi connectivity index (χ0v) is 22.8. The lowest BCUT2D eigenvalue weighted by Gasteiger charge is -2.23. The maximum absolute atomic E-state index is 13.7. The minimum absolute atomic E-state index is 0.143. The molecule has 3 aromatic carbocycles. The van der Waals surface area contributed by atoms with E-state index in [4.69, 9.17) is 16.0 Å². The molecule has 0 aromatic heterocycles. The summed E-state index contributed by atoms with van der Waals surface area (Å²) in [6.07, 6.45) is 1.38. The molecule has 0 saturated heterocycles. The smallest absolute Gasteiger partial charge is 0.305 e. The average Bonchev–Trinajstić information content (AvgIpc) is 2.89. The molecule has 198 valence electrons. The van der Waals surface area contributed by atoms with Crippen LogP contribution in [-0.4, -0.2) is 19.0 Å². The molecule has 0 aliphatic heterocycles. The largest absolute Gasteiger partial charge is 0.489 e. The molecule has 6 heteroatoms. The Hall–Kier alpha value is -4.11. The van der Waals surface area contributed by atoms with E-state index in [9.17, 15) is 9.59 Å². The summed E-state index contributed by atoms with van der Waals surface area (Å²) in [7, 11) is 1.36. The standard InChI is InChI=1S/C32H36N2O4/c1-21(2)15-30(26-17-22(3)16-23(4)18-26)34-32(36)29-19-24(7-8-25(29)9-14-31(35)37-6)20-38-28-12-10-27(33-5)11-13-28/h7-8,10-13,16-19,21,30H,9,14-15,20H2,1-4,6H3,(H,34,36). The van der Waals surface area contributed by atoms with Crippen LogP contribution in [0, 0.1) is 26.3 Å². The Morgan fingerprint density at radius 1 is 0.974 bits per heavy atom. The van der Waals surface area contributed by atoms with E-state index in [1.807, 2.05) is 18.2 Å². The van der Waals surface area contributed by atoms with Crippen molar-refractivity contribution in [1.29, 1.82) is 0 Å². The van der Waals surface area contributed by atoms with E-state index in [1.54, 1.807) is 24.3 Å². The van der Waals surface area contributed by atoms with Crippen LogP contribution in [0.1, 0.15) is 70.9 Å². The van der Waals surface area contributed by atoms with Gasteiger partial charge in [0, 0.05) is 12.0 Å². The van der Waals surface area contributed by atoms with Gasteiger partial charge in [-0.1, -0.05) is 67.4 Å². The van der Waals surface area contributed by atoms with E-state index in [0.29, 0.717) is 29.3 Å². The molecule has 1 N–H and O–H groups in total. The van der Waals surface area contributed by atoms with Gasteiger partial charge in [-0.3, -0.25) is 9.59 Å². The molecule has 0 radical (unpaired) electrons. The van der Waals surface area contributed by atoms with Crippen LogP contribution in [-0.2, 0) is 22.6 Å². The van der Waals surface area contributed by atoms with Gasteiger partial charge in [0.25, 0.3) is 5.91 Å². The Balaban J connectivity index is 1.88. The number of hydrogen-bond acceptors (Lipinski definition) is 4. The van der Waals surface area contributed by atoms with Crippen LogP contribution in [0.2, 0.25) is 0 Å². The molecule has 3 aromatic rings. The zero-order valence-electron chi connectivity index (χ0n) is 22.8. The van der Waals surface area contributed by atoms with E-state index in [0.717, 1.165) is 34.2 Å². The van der Waals surface area contributed by atoms with E-state index in [2.05, 4.69) is 56.1 Å². The molecule has 0 bridgehead atoms. The van der Waals surface area contributed by atoms with Crippen molar-refractivity contribution in [3.8, 4) is 5.75 Å². The van der Waals surface area contributed by atoms with Gasteiger partial charge in [0.15, 0.2) is 5.69 Å². The number of carbonyl (C=O) groups excluding carboxylic acids is 2. The third-order valence-corrected chi connectivity index (χ3v) is 6.28. The van der Waals surface area contributed by atoms with E-state index in [1.165, 1.54) is 7.11 Å². The van der Waals surface area contributed by atoms with Crippen LogP contribution in [0.5, 0.6) is 5.75 Å². The highest BCUT2D eigenvalue weighted by Gasteiger charge is 2.21. The molecule has 1 atom stereocenters. The maximum atomic E-state index is 13.7. The molecule has 0 saturated carbocycles. The number of hydrogen-bond donors (Lipinski definition) is 1. The molecule has 1 unspecified atom stereocenters. The predicted molar refractivity (Wildman–Crippen MR) is 149 cm³/mol. The second-order valence-electron chi connectivity index (χ2n) is 10.0. The van der Waals surface area contributed by atoms with Gasteiger partial charge in [-0.25, -0.2) is 4.85 Å². The lowest BCUT2D eigenvalue weighted by molar-refractivity contribution is -0.140. The molecule has 3 rings (SSSR count). The van der Waals surface area contributed by atoms with Crippen molar-refractivity contribution in [3.63, 3.8) is 0 Å². The summed E-state index contributed by atoms with van der Waals surface area (Å²) in [5, 5.41) is 3.27. The van der Waals surface area contributed by atoms with Gasteiger partial charge in [0.05, 0.1) is 19.7 Å². The number of methoxy groups -OCH3 is 1. The fourth-order valence-corrected chi connectivity index (χ4v) is 4.46. The number of amides is 1. The molecule has 1 amide bonds. The van der Waals surface area contributed by atoms with Crippen molar-refractivity contribution < 1.29 is 19.1 Å². The van der Waals surface area contributed by atoms with Crippen LogP contribution in [0.15, 0.2) is 60.7 Å². The summed E-state index contributed by atoms with van der Waals surface area (Å²) in [6.45, 7) is 15.8. The molecular weight excluding hydrogens is 476 g/mol. The number of benzene rings is 3. The minimum atomic E-state index is -0.320. The van der Waals surface area contributed by atoms with Crippen LogP contribution in [0.3, 0.4) is 0 Å². The molecule has 6 nitrogen and oxygen atoms in total. The van der Waals surface area contributed by atoms with E-state index in [-0.39, 0.29) is 30.9 Å². The van der Waals surface area contributed by atoms with E-state index >= 15 is 0 Å². The Labute approximate surface area is 225 Å². The van der Waals surface area contributed by atoms with Crippen LogP contribution in [0.25, 0.3) is 4.85 Å². The Bertz CT molecular complexity index is 1290. The Morgan fingerprint density at radius 2 is 1.66 bits per heavy atom. The third-order valence-electron chi connectivity index (χ3n) is 6.28. The topological polar surface area (TPSA) is 69.0 Å². The predicted octanol–water partition coefficient (Wildman–Crippen LogP) is 7.06. The first-order valence-electron chi connectivity index (χ1n) is 12.9. The molecule has 0 spiro atoms. The second-order valence-corrected chi connectivity index (χ2v) is 10.0. The Kier molecular flexibility index (Phi) is 10.1. The first-order valence-corrected chi connectivity index (χ1v) is 12.9. The quantitative estimate of drug-likeness (QED) is 0.221. The minimum Gasteiger partial charge on any atom is -0.489 e. The molecule has 0 heterocycles. The number of carbonyl (C=O) groups is 2. The fourth-order valence-electron chi connectivity index (χ4n) is 4.46. The van der Waals surface area contributed by atoms with Crippen molar-refractivity contribution in [2.75, 3.05) is 7.11 Å². The van der Waals surface area contributed by atoms with Gasteiger partial charge in [0.1, 0.15) is 12.4 Å². The number of ether oxygens (including phenoxy) is 2. The normalized spacial score (nSPS) is 11.5. The molecule has 38 heavy (non-hydrogen) atoms. The first kappa shape index (κ1) is 28.5. The van der Waals surface area contributed by atoms with E-state index < -0.39 is 0 Å². The summed E-state index contributed by atoms with van der Waals surface area (Å²) in [5.74, 6) is 0.524. The number of esters is 1. The van der Waals surface area contributed by atoms with Gasteiger partial charge in [0.2, 0.25) is 0 Å². The summed E-state index contributed by atoms with van der Waals surface area (Å²) in [5.41, 5.74) is 6.08. The Morgan fingerprint density at radius 3 is 2.26 bits per heavy atom. The van der Waals surface area contributed by atoms with Gasteiger partial charge < -0.3 is 14.8 Å². The second kappa shape index (κ2) is 13.4. The number of aryl methyl sites for hydroxylation is 3. The summed E-state index contributed by atoms with van der Waals surface area (Å²) < 4.78 is 10.7. The van der Waals surface area contributed by atoms with Crippen LogP contribution in [0.4, 0.5) is 5.69 Å². The van der Waals surface area contributed by atoms with Crippen LogP contribution < -0.4 is 10.1 Å². The lowest BCUT2D eigenvalue weighted by Crippen LogP contribution is -2.30. The van der Waals surface area contributed by atoms with Crippen molar-refractivity contribution >= 4 is 17.6 Å². The highest BCUT2D eigenvalue weighted by molar-refractivity contribution is 5.96. The van der Waals surface area contributed by atoms with Gasteiger partial charge in [-0.05, 0) is 67.5 Å². The molecule has 0 fully saturated rings. The van der Waals surface area contributed by atoms with Crippen molar-refractivity contribution in [3.05, 3.63) is 105 Å². The highest BCUT2D eigenvalue weighted by atomic mass is 16.5. The first-order chi connectivity index (χ1) is 18.2. The average molecular weight is 513 g/mol. The third kappa shape index (κ3) is 8.21. The fraction of sp³-hybridized carbons (Fsp3) is 0.344. The van der Waals surface area contributed by atoms with Gasteiger partial charge in [-0.2, -0.15) is 0 Å². The molecule has 0 aliphatic carbocycles. The van der Waals surface area contributed by atoms with Gasteiger partial charge >= 0.3 is 5.97 Å². The summed E-state index contributed by atoms with van der Waals surface area (Å²) in [4.78, 5) is 28.9. The van der Waals surface area contributed by atoms with Crippen molar-refractivity contribution in [2.45, 2.75) is 59.6 Å². The molecular formula is C32H36N2O4. The zero-order chi connectivity index (χ0) is 27.7. The number of rotatable bonds is 11. The summed E-state index contributed by atoms with van der Waals surface area (Å²) >= 11 is 0. The number of nitrogens with one attached hydrogen (secondary N) is 1. The molecule has 0 aliphatic rings. The van der Waals surface area contributed by atoms with Crippen molar-refractivity contribution in [2.24, 2.45) is 5.92 Å². The SMILES string of the molecule is [C-]#[N+]c1ccc(OCc2ccc(CCC(=O)OC)c(C(=O)NC(CC(C)C)c3cc(C)cc(C)c3)c2)cc1.